The molecule has 0 spiro atoms. The zero-order chi connectivity index (χ0) is 11.6. The van der Waals surface area contributed by atoms with Gasteiger partial charge in [0.2, 0.25) is 0 Å². The molecule has 1 fully saturated rings. The van der Waals surface area contributed by atoms with Gasteiger partial charge < -0.3 is 10.5 Å². The van der Waals surface area contributed by atoms with Crippen LogP contribution in [-0.4, -0.2) is 19.8 Å². The van der Waals surface area contributed by atoms with E-state index in [1.807, 2.05) is 18.2 Å². The number of nitrogens with two attached hydrogens (primary N) is 1. The topological polar surface area (TPSA) is 35.2 Å². The standard InChI is InChI=1S/C13H18ClNO/c1-2-10(7-15)13(8-16-9-13)11-4-3-5-12(14)6-11/h3-6,10H,2,7-9,15H2,1H3. The molecular formula is C13H18ClNO. The van der Waals surface area contributed by atoms with E-state index in [4.69, 9.17) is 22.1 Å². The lowest BCUT2D eigenvalue weighted by Crippen LogP contribution is -2.54. The summed E-state index contributed by atoms with van der Waals surface area (Å²) in [4.78, 5) is 0. The molecule has 1 unspecified atom stereocenters. The minimum absolute atomic E-state index is 0.0917. The second-order valence-corrected chi connectivity index (χ2v) is 4.94. The minimum Gasteiger partial charge on any atom is -0.379 e. The van der Waals surface area contributed by atoms with Gasteiger partial charge in [0, 0.05) is 10.4 Å². The maximum Gasteiger partial charge on any atom is 0.0588 e. The van der Waals surface area contributed by atoms with Crippen molar-refractivity contribution >= 4 is 11.6 Å². The van der Waals surface area contributed by atoms with Gasteiger partial charge in [-0.15, -0.1) is 0 Å². The van der Waals surface area contributed by atoms with Crippen molar-refractivity contribution in [1.82, 2.24) is 0 Å². The van der Waals surface area contributed by atoms with Gasteiger partial charge in [-0.1, -0.05) is 37.1 Å². The molecule has 0 amide bonds. The van der Waals surface area contributed by atoms with Gasteiger partial charge in [0.05, 0.1) is 13.2 Å². The van der Waals surface area contributed by atoms with Gasteiger partial charge in [-0.05, 0) is 30.2 Å². The summed E-state index contributed by atoms with van der Waals surface area (Å²) in [6.45, 7) is 4.42. The van der Waals surface area contributed by atoms with E-state index in [0.717, 1.165) is 24.7 Å². The van der Waals surface area contributed by atoms with Crippen molar-refractivity contribution in [3.63, 3.8) is 0 Å². The highest BCUT2D eigenvalue weighted by Crippen LogP contribution is 2.41. The van der Waals surface area contributed by atoms with Gasteiger partial charge in [0.15, 0.2) is 0 Å². The quantitative estimate of drug-likeness (QED) is 0.877. The molecule has 88 valence electrons. The Labute approximate surface area is 102 Å². The van der Waals surface area contributed by atoms with E-state index < -0.39 is 0 Å². The van der Waals surface area contributed by atoms with Crippen LogP contribution >= 0.6 is 11.6 Å². The van der Waals surface area contributed by atoms with Crippen LogP contribution in [-0.2, 0) is 10.2 Å². The van der Waals surface area contributed by atoms with Gasteiger partial charge in [0.1, 0.15) is 0 Å². The van der Waals surface area contributed by atoms with Crippen LogP contribution in [0.5, 0.6) is 0 Å². The Bertz CT molecular complexity index is 359. The normalized spacial score (nSPS) is 20.2. The fourth-order valence-corrected chi connectivity index (χ4v) is 2.73. The summed E-state index contributed by atoms with van der Waals surface area (Å²) in [6, 6.07) is 8.08. The molecule has 2 N–H and O–H groups in total. The summed E-state index contributed by atoms with van der Waals surface area (Å²) in [6.07, 6.45) is 1.08. The maximum absolute atomic E-state index is 6.05. The van der Waals surface area contributed by atoms with Crippen LogP contribution in [0.4, 0.5) is 0 Å². The number of ether oxygens (including phenoxy) is 1. The Morgan fingerprint density at radius 3 is 2.69 bits per heavy atom. The summed E-state index contributed by atoms with van der Waals surface area (Å²) in [7, 11) is 0. The van der Waals surface area contributed by atoms with E-state index in [0.29, 0.717) is 12.5 Å². The van der Waals surface area contributed by atoms with E-state index in [1.165, 1.54) is 5.56 Å². The minimum atomic E-state index is 0.0917. The van der Waals surface area contributed by atoms with Crippen LogP contribution in [0, 0.1) is 5.92 Å². The lowest BCUT2D eigenvalue weighted by molar-refractivity contribution is -0.0897. The van der Waals surface area contributed by atoms with E-state index in [1.54, 1.807) is 0 Å². The summed E-state index contributed by atoms with van der Waals surface area (Å²) in [5.74, 6) is 0.472. The Morgan fingerprint density at radius 1 is 1.50 bits per heavy atom. The Balaban J connectivity index is 2.34. The predicted octanol–water partition coefficient (Wildman–Crippen LogP) is 2.59. The zero-order valence-electron chi connectivity index (χ0n) is 9.58. The van der Waals surface area contributed by atoms with Crippen molar-refractivity contribution in [3.05, 3.63) is 34.9 Å². The van der Waals surface area contributed by atoms with Gasteiger partial charge in [0.25, 0.3) is 0 Å². The van der Waals surface area contributed by atoms with Crippen molar-refractivity contribution in [2.24, 2.45) is 11.7 Å². The fourth-order valence-electron chi connectivity index (χ4n) is 2.54. The lowest BCUT2D eigenvalue weighted by atomic mass is 9.67. The van der Waals surface area contributed by atoms with Crippen LogP contribution in [0.1, 0.15) is 18.9 Å². The smallest absolute Gasteiger partial charge is 0.0588 e. The van der Waals surface area contributed by atoms with E-state index in [2.05, 4.69) is 13.0 Å². The molecule has 2 nitrogen and oxygen atoms in total. The highest BCUT2D eigenvalue weighted by Gasteiger charge is 2.45. The first kappa shape index (κ1) is 11.9. The fraction of sp³-hybridized carbons (Fsp3) is 0.538. The van der Waals surface area contributed by atoms with Crippen molar-refractivity contribution in [3.8, 4) is 0 Å². The zero-order valence-corrected chi connectivity index (χ0v) is 10.3. The largest absolute Gasteiger partial charge is 0.379 e. The summed E-state index contributed by atoms with van der Waals surface area (Å²) >= 11 is 6.05. The molecule has 2 rings (SSSR count). The summed E-state index contributed by atoms with van der Waals surface area (Å²) < 4.78 is 5.42. The molecule has 1 saturated heterocycles. The Morgan fingerprint density at radius 2 is 2.25 bits per heavy atom. The first-order chi connectivity index (χ1) is 7.73. The van der Waals surface area contributed by atoms with Crippen LogP contribution in [0.2, 0.25) is 5.02 Å². The highest BCUT2D eigenvalue weighted by molar-refractivity contribution is 6.30. The second-order valence-electron chi connectivity index (χ2n) is 4.50. The van der Waals surface area contributed by atoms with Gasteiger partial charge in [-0.25, -0.2) is 0 Å². The second kappa shape index (κ2) is 4.74. The molecule has 1 aromatic rings. The third-order valence-electron chi connectivity index (χ3n) is 3.68. The molecular weight excluding hydrogens is 222 g/mol. The van der Waals surface area contributed by atoms with Crippen LogP contribution in [0.3, 0.4) is 0 Å². The predicted molar refractivity (Wildman–Crippen MR) is 66.8 cm³/mol. The van der Waals surface area contributed by atoms with Gasteiger partial charge in [-0.3, -0.25) is 0 Å². The molecule has 1 aromatic carbocycles. The molecule has 0 aliphatic carbocycles. The SMILES string of the molecule is CCC(CN)C1(c2cccc(Cl)c2)COC1. The Kier molecular flexibility index (Phi) is 3.53. The summed E-state index contributed by atoms with van der Waals surface area (Å²) in [5.41, 5.74) is 7.22. The molecule has 3 heteroatoms. The van der Waals surface area contributed by atoms with Crippen molar-refractivity contribution in [2.75, 3.05) is 19.8 Å². The lowest BCUT2D eigenvalue weighted by Gasteiger charge is -2.47. The van der Waals surface area contributed by atoms with Gasteiger partial charge >= 0.3 is 0 Å². The molecule has 0 saturated carbocycles. The van der Waals surface area contributed by atoms with Gasteiger partial charge in [-0.2, -0.15) is 0 Å². The van der Waals surface area contributed by atoms with E-state index >= 15 is 0 Å². The average molecular weight is 240 g/mol. The number of hydrogen-bond acceptors (Lipinski definition) is 2. The molecule has 16 heavy (non-hydrogen) atoms. The van der Waals surface area contributed by atoms with Crippen LogP contribution in [0.25, 0.3) is 0 Å². The first-order valence-corrected chi connectivity index (χ1v) is 6.14. The number of benzene rings is 1. The molecule has 0 bridgehead atoms. The summed E-state index contributed by atoms with van der Waals surface area (Å²) in [5, 5.41) is 0.788. The number of rotatable bonds is 4. The highest BCUT2D eigenvalue weighted by atomic mass is 35.5. The van der Waals surface area contributed by atoms with E-state index in [9.17, 15) is 0 Å². The molecule has 1 atom stereocenters. The molecule has 1 heterocycles. The van der Waals surface area contributed by atoms with Crippen molar-refractivity contribution < 1.29 is 4.74 Å². The molecule has 0 radical (unpaired) electrons. The average Bonchev–Trinajstić information content (AvgIpc) is 2.23. The van der Waals surface area contributed by atoms with Crippen LogP contribution < -0.4 is 5.73 Å². The number of halogens is 1. The van der Waals surface area contributed by atoms with Crippen molar-refractivity contribution in [2.45, 2.75) is 18.8 Å². The third-order valence-corrected chi connectivity index (χ3v) is 3.91. The van der Waals surface area contributed by atoms with E-state index in [-0.39, 0.29) is 5.41 Å². The molecule has 1 aliphatic rings. The molecule has 0 aromatic heterocycles. The maximum atomic E-state index is 6.05. The third kappa shape index (κ3) is 1.86. The van der Waals surface area contributed by atoms with Crippen molar-refractivity contribution in [1.29, 1.82) is 0 Å². The van der Waals surface area contributed by atoms with Crippen LogP contribution in [0.15, 0.2) is 24.3 Å². The number of hydrogen-bond donors (Lipinski definition) is 1. The monoisotopic (exact) mass is 239 g/mol. The molecule has 1 aliphatic heterocycles. The Hall–Kier alpha value is -0.570. The first-order valence-electron chi connectivity index (χ1n) is 5.77.